The number of methoxy groups -OCH3 is 5. The van der Waals surface area contributed by atoms with Gasteiger partial charge in [0.25, 0.3) is 16.7 Å². The third kappa shape index (κ3) is 25.2. The summed E-state index contributed by atoms with van der Waals surface area (Å²) in [6.07, 6.45) is -30.8. The zero-order valence-electron chi connectivity index (χ0n) is 70.3. The molecule has 5 aliphatic heterocycles. The van der Waals surface area contributed by atoms with Crippen LogP contribution in [-0.2, 0) is 139 Å². The number of imidazole rings is 1. The molecule has 63 heteroatoms. The molecule has 0 amide bonds. The van der Waals surface area contributed by atoms with E-state index in [1.807, 2.05) is 0 Å². The summed E-state index contributed by atoms with van der Waals surface area (Å²) < 4.78 is 222. The van der Waals surface area contributed by atoms with Crippen LogP contribution in [0.3, 0.4) is 0 Å². The van der Waals surface area contributed by atoms with Gasteiger partial charge in [0.2, 0.25) is 5.95 Å². The average molecular weight is 1960 g/mol. The molecule has 5 fully saturated rings. The maximum absolute atomic E-state index is 15.2. The molecule has 0 aromatic carbocycles. The first-order valence-corrected chi connectivity index (χ1v) is 47.5. The van der Waals surface area contributed by atoms with E-state index >= 15 is 9.13 Å². The maximum atomic E-state index is 15.2. The van der Waals surface area contributed by atoms with E-state index in [9.17, 15) is 71.9 Å². The molecule has 25 atom stereocenters. The van der Waals surface area contributed by atoms with Crippen molar-refractivity contribution in [1.29, 1.82) is 0 Å². The number of aryl methyl sites for hydroxylation is 4. The fourth-order valence-corrected chi connectivity index (χ4v) is 19.0. The lowest BCUT2D eigenvalue weighted by molar-refractivity contribution is -0.0850. The van der Waals surface area contributed by atoms with E-state index in [0.717, 1.165) is 48.7 Å². The lowest BCUT2D eigenvalue weighted by atomic mass is 10.1. The molecule has 129 heavy (non-hydrogen) atoms. The predicted molar refractivity (Wildman–Crippen MR) is 436 cm³/mol. The molecule has 722 valence electrons. The van der Waals surface area contributed by atoms with Gasteiger partial charge < -0.3 is 113 Å². The number of phosphoric ester groups is 4. The van der Waals surface area contributed by atoms with Gasteiger partial charge in [-0.15, -0.1) is 0 Å². The van der Waals surface area contributed by atoms with Gasteiger partial charge >= 0.3 is 60.8 Å². The van der Waals surface area contributed by atoms with E-state index in [2.05, 4.69) is 51.7 Å². The minimum absolute atomic E-state index is 0.0431. The van der Waals surface area contributed by atoms with Crippen LogP contribution in [0.15, 0.2) is 64.7 Å². The monoisotopic (exact) mass is 1960 g/mol. The van der Waals surface area contributed by atoms with Crippen LogP contribution in [0.5, 0.6) is 0 Å². The number of nitrogens with zero attached hydrogens (tertiary/aromatic N) is 9. The third-order valence-corrected chi connectivity index (χ3v) is 25.7. The number of phosphoric acid groups is 4. The van der Waals surface area contributed by atoms with Crippen LogP contribution in [0.2, 0.25) is 0 Å². The lowest BCUT2D eigenvalue weighted by Gasteiger charge is -2.29. The fourth-order valence-electron chi connectivity index (χ4n) is 14.0. The van der Waals surface area contributed by atoms with Gasteiger partial charge in [-0.1, -0.05) is 12.2 Å². The van der Waals surface area contributed by atoms with Gasteiger partial charge in [0.15, 0.2) is 42.3 Å². The first kappa shape index (κ1) is 103. The predicted octanol–water partition coefficient (Wildman–Crippen LogP) is -2.57. The zero-order chi connectivity index (χ0) is 93.9. The number of H-pyrrole nitrogens is 3. The van der Waals surface area contributed by atoms with Crippen LogP contribution in [0.4, 0.5) is 17.6 Å². The highest BCUT2D eigenvalue weighted by Crippen LogP contribution is 2.59. The first-order valence-electron chi connectivity index (χ1n) is 38.8. The Morgan fingerprint density at radius 1 is 0.395 bits per heavy atom. The molecule has 14 N–H and O–H groups in total. The molecule has 0 radical (unpaired) electrons. The summed E-state index contributed by atoms with van der Waals surface area (Å²) in [7, 11) is -15.6. The number of aromatic nitrogens is 12. The number of rotatable bonds is 49. The number of ether oxygens (including phenoxy) is 15. The van der Waals surface area contributed by atoms with Crippen LogP contribution in [-0.4, -0.2) is 316 Å². The summed E-state index contributed by atoms with van der Waals surface area (Å²) in [4.78, 5) is 163. The van der Waals surface area contributed by atoms with Crippen LogP contribution in [0, 0.1) is 27.7 Å². The van der Waals surface area contributed by atoms with Crippen molar-refractivity contribution < 1.29 is 164 Å². The fraction of sp³-hybridized carbons (Fsp3) is 0.682. The molecule has 0 aliphatic carbocycles. The Balaban J connectivity index is 0.917. The Kier molecular flexibility index (Phi) is 35.5. The third-order valence-electron chi connectivity index (χ3n) is 20.2. The lowest BCUT2D eigenvalue weighted by Crippen LogP contribution is -2.42. The Hall–Kier alpha value is -6.83. The van der Waals surface area contributed by atoms with Gasteiger partial charge in [-0.2, -0.15) is 15.0 Å². The molecular weight excluding hydrogens is 1860 g/mol. The van der Waals surface area contributed by atoms with Crippen molar-refractivity contribution >= 4 is 79.1 Å². The summed E-state index contributed by atoms with van der Waals surface area (Å²) in [6, 6.07) is 0. The molecule has 11 rings (SSSR count). The SMILES string of the molecule is COCCO[C@H]1C(OP(=O)(O)OC[C@H]2O[C@@H](n3cnc4c(=O)[nH]c(N)nc43)[C@@H](OCCOC)C2OP(=O)(O)OC[C@H]2O[C@@H](n3cc(C)c(=O)[nH]c3=O)[C@@H](OCCOC)C2OP(=O)(O)OC[C@H]2O[C@@H](n3cc(C)c(=O)[nH]c3=O)[C@@H](OCCOC)C2OP(=O)(O)OC)[C@@H](COP(=O)(S)OC2[C@@H](CO)O[C@@H](n3cc(C)c(N)nc3=O)[C@H]2OCCOC)O[C@H]1n1cc(C)c(N)nc1=O. The number of hydrogen-bond donors (Lipinski definition) is 12. The Bertz CT molecular complexity index is 5550. The molecule has 10 unspecified atom stereocenters. The number of thiol groups is 1. The van der Waals surface area contributed by atoms with E-state index in [0.29, 0.717) is 5.56 Å². The van der Waals surface area contributed by atoms with E-state index in [-0.39, 0.29) is 85.7 Å². The van der Waals surface area contributed by atoms with Crippen LogP contribution in [0.1, 0.15) is 53.4 Å². The van der Waals surface area contributed by atoms with Crippen molar-refractivity contribution in [3.05, 3.63) is 126 Å². The zero-order valence-corrected chi connectivity index (χ0v) is 75.7. The molecule has 57 nitrogen and oxygen atoms in total. The van der Waals surface area contributed by atoms with Crippen molar-refractivity contribution in [3.8, 4) is 0 Å². The summed E-state index contributed by atoms with van der Waals surface area (Å²) >= 11 is 4.26. The standard InChI is InChI=1S/C66H100N15O42P5S/c1-31-21-77(63(86)71-51(31)67)57-46(105-16-11-99-5)41(35(25-82)114-57)123-128(98,129)113-29-39-45(49(108-19-14-102-8)58(117-39)78-22-32(2)52(68)72-64(78)87)122-127(96,97)112-28-38-44(50(109-20-15-103-9)61(118-38)81-30-70-40-53(81)73-62(69)74-56(40)85)121-126(94,95)111-27-37-43(48(107-18-13-101-7)60(116-37)80-24-34(4)55(84)76-66(80)89)120-125(92,93)110-26-36-42(119-124(90,91)104-10)47(106-17-12-100-6)59(115-36)79-23-33(3)54(83)75-65(79)88/h21-24,30,35-39,41-50,57-61,82H,11-20,25-29H2,1-10H3,(H,90,91)(H,92,93)(H,94,95)(H,96,97)(H,98,129)(H2,67,71,86)(H2,68,72,87)(H,75,83,88)(H,76,84,89)(H3,69,73,74,85)/t35-,36-,37-,38-,39-,41?,42?,43?,44?,45?,46+,47+,48+,49+,50+,57-,58-,59-,60-,61-,128?/m1/s1. The number of aromatic amines is 3. The number of nitrogen functional groups attached to an aromatic ring is 3. The number of fused-ring (bicyclic) bond motifs is 1. The quantitative estimate of drug-likeness (QED) is 0.0106. The molecule has 6 aromatic heterocycles. The number of nitrogens with one attached hydrogen (secondary N) is 3. The molecule has 5 saturated heterocycles. The van der Waals surface area contributed by atoms with Crippen molar-refractivity contribution in [2.24, 2.45) is 0 Å². The molecule has 6 aromatic rings. The van der Waals surface area contributed by atoms with Gasteiger partial charge in [0.1, 0.15) is 103 Å². The van der Waals surface area contributed by atoms with Crippen molar-refractivity contribution in [2.75, 3.05) is 159 Å². The summed E-state index contributed by atoms with van der Waals surface area (Å²) in [5.74, 6) is -0.813. The van der Waals surface area contributed by atoms with Gasteiger partial charge in [-0.05, 0) is 27.7 Å². The van der Waals surface area contributed by atoms with Gasteiger partial charge in [0.05, 0.1) is 105 Å². The number of aliphatic hydroxyl groups is 1. The van der Waals surface area contributed by atoms with Crippen molar-refractivity contribution in [3.63, 3.8) is 0 Å². The van der Waals surface area contributed by atoms with Crippen LogP contribution >= 0.6 is 50.3 Å². The first-order chi connectivity index (χ1) is 61.1. The molecule has 0 spiro atoms. The summed E-state index contributed by atoms with van der Waals surface area (Å²) in [5.41, 5.74) is 10.8. The normalized spacial score (nSPS) is 28.9. The Labute approximate surface area is 733 Å². The second-order valence-corrected chi connectivity index (χ2v) is 37.5. The van der Waals surface area contributed by atoms with E-state index in [4.69, 9.17) is 129 Å². The second kappa shape index (κ2) is 44.6. The smallest absolute Gasteiger partial charge is 0.394 e. The van der Waals surface area contributed by atoms with E-state index in [1.54, 1.807) is 0 Å². The van der Waals surface area contributed by atoms with Crippen molar-refractivity contribution in [1.82, 2.24) is 57.7 Å². The number of hydrogen-bond acceptors (Lipinski definition) is 45. The number of anilines is 3. The Morgan fingerprint density at radius 2 is 0.705 bits per heavy atom. The minimum atomic E-state index is -6.00. The van der Waals surface area contributed by atoms with Crippen LogP contribution < -0.4 is 56.6 Å². The highest BCUT2D eigenvalue weighted by molar-refractivity contribution is 8.44. The topological polar surface area (TPSA) is 738 Å². The maximum Gasteiger partial charge on any atom is 0.472 e. The van der Waals surface area contributed by atoms with Gasteiger partial charge in [-0.3, -0.25) is 97.4 Å². The highest BCUT2D eigenvalue weighted by Gasteiger charge is 2.59. The largest absolute Gasteiger partial charge is 0.472 e. The van der Waals surface area contributed by atoms with Crippen LogP contribution in [0.25, 0.3) is 11.2 Å². The van der Waals surface area contributed by atoms with E-state index in [1.165, 1.54) is 75.6 Å². The van der Waals surface area contributed by atoms with Gasteiger partial charge in [0, 0.05) is 89.7 Å². The molecule has 0 saturated carbocycles. The second-order valence-electron chi connectivity index (χ2n) is 28.9. The minimum Gasteiger partial charge on any atom is -0.394 e. The number of aliphatic hydroxyl groups excluding tert-OH is 1. The molecule has 0 bridgehead atoms. The summed E-state index contributed by atoms with van der Waals surface area (Å²) in [5, 5.41) is 10.7. The number of nitrogens with two attached hydrogens (primary N) is 3. The van der Waals surface area contributed by atoms with E-state index < -0.39 is 259 Å². The van der Waals surface area contributed by atoms with Crippen molar-refractivity contribution in [2.45, 2.75) is 150 Å². The molecule has 11 heterocycles. The highest BCUT2D eigenvalue weighted by atomic mass is 32.7. The average Bonchev–Trinajstić information content (AvgIpc) is 1.65. The van der Waals surface area contributed by atoms with Gasteiger partial charge in [-0.25, -0.2) is 47.0 Å². The summed E-state index contributed by atoms with van der Waals surface area (Å²) in [6.45, 7) is -7.81. The Morgan fingerprint density at radius 3 is 1.05 bits per heavy atom. The molecular formula is C66H100N15O42P5S. The molecule has 5 aliphatic rings.